The second-order valence-electron chi connectivity index (χ2n) is 5.49. The van der Waals surface area contributed by atoms with Gasteiger partial charge in [0.05, 0.1) is 12.1 Å². The van der Waals surface area contributed by atoms with E-state index in [1.165, 1.54) is 23.5 Å². The predicted octanol–water partition coefficient (Wildman–Crippen LogP) is 4.27. The van der Waals surface area contributed by atoms with Crippen molar-refractivity contribution in [3.63, 3.8) is 0 Å². The molecule has 0 unspecified atom stereocenters. The van der Waals surface area contributed by atoms with E-state index in [-0.39, 0.29) is 18.1 Å². The van der Waals surface area contributed by atoms with Crippen LogP contribution < -0.4 is 10.1 Å². The van der Waals surface area contributed by atoms with Crippen molar-refractivity contribution in [3.05, 3.63) is 71.2 Å². The van der Waals surface area contributed by atoms with Crippen molar-refractivity contribution in [3.8, 4) is 16.3 Å². The van der Waals surface area contributed by atoms with Gasteiger partial charge in [0.2, 0.25) is 5.91 Å². The molecule has 1 aromatic heterocycles. The molecule has 7 heteroatoms. The van der Waals surface area contributed by atoms with Crippen molar-refractivity contribution in [2.75, 3.05) is 0 Å². The second-order valence-corrected chi connectivity index (χ2v) is 6.34. The van der Waals surface area contributed by atoms with Crippen LogP contribution in [0.3, 0.4) is 0 Å². The van der Waals surface area contributed by atoms with Crippen LogP contribution in [0.25, 0.3) is 10.6 Å². The van der Waals surface area contributed by atoms with Crippen molar-refractivity contribution in [2.45, 2.75) is 19.6 Å². The summed E-state index contributed by atoms with van der Waals surface area (Å²) in [5, 5.41) is 5.54. The fraction of sp³-hybridized carbons (Fsp3) is 0.158. The lowest BCUT2D eigenvalue weighted by molar-refractivity contribution is -0.120. The lowest BCUT2D eigenvalue weighted by atomic mass is 10.2. The third-order valence-electron chi connectivity index (χ3n) is 3.55. The summed E-state index contributed by atoms with van der Waals surface area (Å²) in [5.74, 6) is -0.0613. The first-order valence-corrected chi connectivity index (χ1v) is 8.78. The van der Waals surface area contributed by atoms with Crippen LogP contribution in [0.1, 0.15) is 11.3 Å². The lowest BCUT2D eigenvalue weighted by Gasteiger charge is -2.07. The normalized spacial score (nSPS) is 10.7. The number of aromatic nitrogens is 1. The van der Waals surface area contributed by atoms with Crippen LogP contribution in [0.4, 0.5) is 8.78 Å². The molecule has 134 valence electrons. The number of carbonyl (C=O) groups is 1. The number of halogens is 2. The monoisotopic (exact) mass is 374 g/mol. The average molecular weight is 374 g/mol. The van der Waals surface area contributed by atoms with E-state index in [1.54, 1.807) is 12.1 Å². The Kier molecular flexibility index (Phi) is 5.91. The van der Waals surface area contributed by atoms with Gasteiger partial charge in [-0.25, -0.2) is 4.98 Å². The van der Waals surface area contributed by atoms with Crippen LogP contribution >= 0.6 is 11.3 Å². The van der Waals surface area contributed by atoms with Gasteiger partial charge in [0.1, 0.15) is 10.8 Å². The van der Waals surface area contributed by atoms with Crippen LogP contribution in [-0.2, 0) is 17.8 Å². The summed E-state index contributed by atoms with van der Waals surface area (Å²) < 4.78 is 28.5. The number of benzene rings is 2. The lowest BCUT2D eigenvalue weighted by Crippen LogP contribution is -2.24. The highest BCUT2D eigenvalue weighted by molar-refractivity contribution is 7.13. The van der Waals surface area contributed by atoms with Crippen molar-refractivity contribution in [1.29, 1.82) is 0 Å². The molecule has 0 aliphatic carbocycles. The molecule has 1 amide bonds. The number of alkyl halides is 2. The minimum Gasteiger partial charge on any atom is -0.435 e. The smallest absolute Gasteiger partial charge is 0.387 e. The van der Waals surface area contributed by atoms with E-state index < -0.39 is 6.61 Å². The SMILES string of the molecule is O=C(Cc1csc(-c2ccccc2)n1)NCc1ccc(OC(F)F)cc1. The van der Waals surface area contributed by atoms with Crippen LogP contribution in [0.5, 0.6) is 5.75 Å². The van der Waals surface area contributed by atoms with Gasteiger partial charge < -0.3 is 10.1 Å². The molecule has 0 spiro atoms. The summed E-state index contributed by atoms with van der Waals surface area (Å²) in [7, 11) is 0. The molecule has 1 N–H and O–H groups in total. The summed E-state index contributed by atoms with van der Waals surface area (Å²) in [6.45, 7) is -2.54. The Hall–Kier alpha value is -2.80. The topological polar surface area (TPSA) is 51.2 Å². The van der Waals surface area contributed by atoms with Gasteiger partial charge in [0.15, 0.2) is 0 Å². The molecule has 0 atom stereocenters. The zero-order valence-corrected chi connectivity index (χ0v) is 14.5. The molecule has 0 bridgehead atoms. The number of hydrogen-bond donors (Lipinski definition) is 1. The summed E-state index contributed by atoms with van der Waals surface area (Å²) in [5.41, 5.74) is 2.53. The van der Waals surface area contributed by atoms with E-state index in [0.29, 0.717) is 12.2 Å². The van der Waals surface area contributed by atoms with Gasteiger partial charge in [-0.3, -0.25) is 4.79 Å². The Morgan fingerprint density at radius 2 is 1.85 bits per heavy atom. The summed E-state index contributed by atoms with van der Waals surface area (Å²) >= 11 is 1.50. The number of thiazole rings is 1. The van der Waals surface area contributed by atoms with Crippen molar-refractivity contribution in [1.82, 2.24) is 10.3 Å². The minimum atomic E-state index is -2.85. The fourth-order valence-corrected chi connectivity index (χ4v) is 3.14. The predicted molar refractivity (Wildman–Crippen MR) is 96.2 cm³/mol. The number of rotatable bonds is 7. The van der Waals surface area contributed by atoms with Gasteiger partial charge in [-0.05, 0) is 17.7 Å². The Balaban J connectivity index is 1.51. The quantitative estimate of drug-likeness (QED) is 0.672. The van der Waals surface area contributed by atoms with Gasteiger partial charge in [-0.15, -0.1) is 11.3 Å². The zero-order valence-electron chi connectivity index (χ0n) is 13.7. The molecule has 0 aliphatic rings. The van der Waals surface area contributed by atoms with Crippen LogP contribution in [0.2, 0.25) is 0 Å². The second kappa shape index (κ2) is 8.53. The van der Waals surface area contributed by atoms with Gasteiger partial charge in [-0.2, -0.15) is 8.78 Å². The van der Waals surface area contributed by atoms with E-state index in [9.17, 15) is 13.6 Å². The molecule has 0 fully saturated rings. The highest BCUT2D eigenvalue weighted by Gasteiger charge is 2.09. The fourth-order valence-electron chi connectivity index (χ4n) is 2.32. The summed E-state index contributed by atoms with van der Waals surface area (Å²) in [4.78, 5) is 16.6. The van der Waals surface area contributed by atoms with E-state index >= 15 is 0 Å². The molecule has 0 radical (unpaired) electrons. The average Bonchev–Trinajstić information content (AvgIpc) is 3.10. The highest BCUT2D eigenvalue weighted by atomic mass is 32.1. The molecule has 3 aromatic rings. The first-order chi connectivity index (χ1) is 12.6. The van der Waals surface area contributed by atoms with Gasteiger partial charge in [0.25, 0.3) is 0 Å². The van der Waals surface area contributed by atoms with Gasteiger partial charge >= 0.3 is 6.61 Å². The molecule has 0 saturated heterocycles. The molecule has 0 aliphatic heterocycles. The zero-order chi connectivity index (χ0) is 18.4. The van der Waals surface area contributed by atoms with Gasteiger partial charge in [-0.1, -0.05) is 42.5 Å². The number of carbonyl (C=O) groups excluding carboxylic acids is 1. The van der Waals surface area contributed by atoms with E-state index in [2.05, 4.69) is 15.0 Å². The molecular weight excluding hydrogens is 358 g/mol. The van der Waals surface area contributed by atoms with Crippen molar-refractivity contribution >= 4 is 17.2 Å². The molecule has 0 saturated carbocycles. The third-order valence-corrected chi connectivity index (χ3v) is 4.49. The van der Waals surface area contributed by atoms with E-state index in [1.807, 2.05) is 35.7 Å². The molecule has 1 heterocycles. The molecule has 3 rings (SSSR count). The van der Waals surface area contributed by atoms with Crippen LogP contribution in [0, 0.1) is 0 Å². The maximum atomic E-state index is 12.1. The van der Waals surface area contributed by atoms with E-state index in [0.717, 1.165) is 16.1 Å². The largest absolute Gasteiger partial charge is 0.435 e. The Bertz CT molecular complexity index is 851. The van der Waals surface area contributed by atoms with E-state index in [4.69, 9.17) is 0 Å². The summed E-state index contributed by atoms with van der Waals surface area (Å²) in [6, 6.07) is 15.9. The van der Waals surface area contributed by atoms with Crippen LogP contribution in [0.15, 0.2) is 60.0 Å². The first-order valence-electron chi connectivity index (χ1n) is 7.90. The Labute approximate surface area is 153 Å². The minimum absolute atomic E-state index is 0.0889. The highest BCUT2D eigenvalue weighted by Crippen LogP contribution is 2.23. The maximum Gasteiger partial charge on any atom is 0.387 e. The standard InChI is InChI=1S/C19H16F2N2O2S/c20-19(21)25-16-8-6-13(7-9-16)11-22-17(24)10-15-12-26-18(23-15)14-4-2-1-3-5-14/h1-9,12,19H,10-11H2,(H,22,24). The number of hydrogen-bond acceptors (Lipinski definition) is 4. The van der Waals surface area contributed by atoms with Crippen molar-refractivity contribution in [2.24, 2.45) is 0 Å². The Morgan fingerprint density at radius 1 is 1.12 bits per heavy atom. The third kappa shape index (κ3) is 5.10. The molecule has 2 aromatic carbocycles. The van der Waals surface area contributed by atoms with Crippen molar-refractivity contribution < 1.29 is 18.3 Å². The number of ether oxygens (including phenoxy) is 1. The molecule has 26 heavy (non-hydrogen) atoms. The number of nitrogens with zero attached hydrogens (tertiary/aromatic N) is 1. The van der Waals surface area contributed by atoms with Crippen LogP contribution in [-0.4, -0.2) is 17.5 Å². The molecular formula is C19H16F2N2O2S. The Morgan fingerprint density at radius 3 is 2.54 bits per heavy atom. The molecule has 4 nitrogen and oxygen atoms in total. The maximum absolute atomic E-state index is 12.1. The number of nitrogens with one attached hydrogen (secondary N) is 1. The summed E-state index contributed by atoms with van der Waals surface area (Å²) in [6.07, 6.45) is 0.190. The van der Waals surface area contributed by atoms with Gasteiger partial charge in [0, 0.05) is 17.5 Å². The number of amides is 1. The first kappa shape index (κ1) is 18.0.